The zero-order valence-corrected chi connectivity index (χ0v) is 19.7. The van der Waals surface area contributed by atoms with E-state index in [1.165, 1.54) is 55.3 Å². The van der Waals surface area contributed by atoms with Crippen LogP contribution >= 0.6 is 11.8 Å². The maximum absolute atomic E-state index is 13.0. The third-order valence-corrected chi connectivity index (χ3v) is 8.30. The Balaban J connectivity index is 1.16. The Bertz CT molecular complexity index is 1000. The molecule has 4 aliphatic carbocycles. The summed E-state index contributed by atoms with van der Waals surface area (Å²) < 4.78 is 14.9. The normalized spacial score (nSPS) is 27.5. The number of nitrogens with one attached hydrogen (secondary N) is 2. The Morgan fingerprint density at radius 3 is 2.30 bits per heavy atom. The van der Waals surface area contributed by atoms with Gasteiger partial charge in [0.15, 0.2) is 5.16 Å². The molecule has 0 spiro atoms. The maximum Gasteiger partial charge on any atom is 0.232 e. The zero-order chi connectivity index (χ0) is 23.0. The summed E-state index contributed by atoms with van der Waals surface area (Å²) in [6, 6.07) is 5.63. The van der Waals surface area contributed by atoms with E-state index in [0.717, 1.165) is 37.0 Å². The van der Waals surface area contributed by atoms with E-state index in [1.54, 1.807) is 0 Å². The van der Waals surface area contributed by atoms with E-state index >= 15 is 0 Å². The van der Waals surface area contributed by atoms with Gasteiger partial charge in [-0.25, -0.2) is 4.39 Å². The molecule has 6 rings (SSSR count). The zero-order valence-electron chi connectivity index (χ0n) is 18.8. The summed E-state index contributed by atoms with van der Waals surface area (Å²) >= 11 is 1.37. The van der Waals surface area contributed by atoms with Crippen LogP contribution in [0.2, 0.25) is 0 Å². The molecule has 176 valence electrons. The second kappa shape index (κ2) is 9.08. The first-order chi connectivity index (χ1) is 15.9. The number of hydrogen-bond donors (Lipinski definition) is 2. The van der Waals surface area contributed by atoms with E-state index in [1.807, 2.05) is 11.5 Å². The predicted octanol–water partition coefficient (Wildman–Crippen LogP) is 3.80. The molecule has 4 fully saturated rings. The van der Waals surface area contributed by atoms with Crippen molar-refractivity contribution in [1.82, 2.24) is 20.1 Å². The highest BCUT2D eigenvalue weighted by Gasteiger charge is 2.51. The molecule has 4 aliphatic rings. The molecule has 9 heteroatoms. The average molecular weight is 472 g/mol. The number of amides is 2. The molecule has 4 saturated carbocycles. The van der Waals surface area contributed by atoms with Crippen LogP contribution in [0.1, 0.15) is 51.3 Å². The Morgan fingerprint density at radius 1 is 1.06 bits per heavy atom. The third-order valence-electron chi connectivity index (χ3n) is 7.33. The molecule has 33 heavy (non-hydrogen) atoms. The minimum absolute atomic E-state index is 0.00836. The second-order valence-corrected chi connectivity index (χ2v) is 10.9. The molecule has 1 aromatic carbocycles. The van der Waals surface area contributed by atoms with E-state index in [-0.39, 0.29) is 29.6 Å². The summed E-state index contributed by atoms with van der Waals surface area (Å²) in [6.45, 7) is 2.56. The van der Waals surface area contributed by atoms with Crippen molar-refractivity contribution in [2.75, 3.05) is 11.1 Å². The first-order valence-corrected chi connectivity index (χ1v) is 12.8. The van der Waals surface area contributed by atoms with E-state index in [4.69, 9.17) is 0 Å². The Hall–Kier alpha value is -2.42. The molecule has 0 aliphatic heterocycles. The highest BCUT2D eigenvalue weighted by atomic mass is 32.2. The fraction of sp³-hybridized carbons (Fsp3) is 0.583. The van der Waals surface area contributed by atoms with E-state index in [2.05, 4.69) is 20.8 Å². The number of carbonyl (C=O) groups excluding carboxylic acids is 2. The topological polar surface area (TPSA) is 88.9 Å². The van der Waals surface area contributed by atoms with Crippen LogP contribution in [0.5, 0.6) is 0 Å². The van der Waals surface area contributed by atoms with Crippen molar-refractivity contribution >= 4 is 29.3 Å². The average Bonchev–Trinajstić information content (AvgIpc) is 3.13. The lowest BCUT2D eigenvalue weighted by Crippen LogP contribution is -2.60. The van der Waals surface area contributed by atoms with Crippen LogP contribution in [0.25, 0.3) is 0 Å². The summed E-state index contributed by atoms with van der Waals surface area (Å²) in [4.78, 5) is 25.2. The van der Waals surface area contributed by atoms with Crippen molar-refractivity contribution in [2.24, 2.45) is 17.8 Å². The van der Waals surface area contributed by atoms with Crippen LogP contribution in [0.4, 0.5) is 10.1 Å². The van der Waals surface area contributed by atoms with Gasteiger partial charge < -0.3 is 15.2 Å². The molecule has 2 N–H and O–H groups in total. The molecule has 0 atom stereocenters. The van der Waals surface area contributed by atoms with Crippen LogP contribution in [-0.4, -0.2) is 37.9 Å². The molecule has 2 amide bonds. The number of nitrogens with zero attached hydrogens (tertiary/aromatic N) is 3. The molecular formula is C24H30FN5O2S. The smallest absolute Gasteiger partial charge is 0.232 e. The van der Waals surface area contributed by atoms with E-state index < -0.39 is 0 Å². The van der Waals surface area contributed by atoms with Crippen LogP contribution in [0, 0.1) is 23.6 Å². The Morgan fingerprint density at radius 2 is 1.70 bits per heavy atom. The highest BCUT2D eigenvalue weighted by molar-refractivity contribution is 7.99. The van der Waals surface area contributed by atoms with Gasteiger partial charge in [0.25, 0.3) is 0 Å². The standard InChI is InChI=1S/C24H30FN5O2S/c1-2-30-20(10-21(31)26-19-5-3-18(25)4-6-19)28-29-23(30)33-14-22(32)27-24-11-15-7-16(12-24)9-17(8-15)13-24/h3-6,15-17H,2,7-14H2,1H3,(H,26,31)(H,27,32). The first kappa shape index (κ1) is 22.4. The molecule has 1 aromatic heterocycles. The van der Waals surface area contributed by atoms with Gasteiger partial charge in [0, 0.05) is 17.8 Å². The number of benzene rings is 1. The number of thioether (sulfide) groups is 1. The lowest BCUT2D eigenvalue weighted by molar-refractivity contribution is -0.124. The van der Waals surface area contributed by atoms with Gasteiger partial charge in [0.05, 0.1) is 12.2 Å². The number of carbonyl (C=O) groups is 2. The largest absolute Gasteiger partial charge is 0.350 e. The number of halogens is 1. The van der Waals surface area contributed by atoms with Gasteiger partial charge in [0.1, 0.15) is 11.6 Å². The number of aromatic nitrogens is 3. The van der Waals surface area contributed by atoms with Crippen LogP contribution in [0.15, 0.2) is 29.4 Å². The lowest BCUT2D eigenvalue weighted by Gasteiger charge is -2.56. The maximum atomic E-state index is 13.0. The van der Waals surface area contributed by atoms with Crippen molar-refractivity contribution in [3.63, 3.8) is 0 Å². The second-order valence-electron chi connectivity index (χ2n) is 9.91. The fourth-order valence-corrected chi connectivity index (χ4v) is 7.30. The fourth-order valence-electron chi connectivity index (χ4n) is 6.48. The molecular weight excluding hydrogens is 441 g/mol. The summed E-state index contributed by atoms with van der Waals surface area (Å²) in [6.07, 6.45) is 7.50. The van der Waals surface area contributed by atoms with Crippen molar-refractivity contribution in [3.05, 3.63) is 35.9 Å². The molecule has 1 heterocycles. The molecule has 2 aromatic rings. The highest BCUT2D eigenvalue weighted by Crippen LogP contribution is 2.55. The predicted molar refractivity (Wildman–Crippen MR) is 124 cm³/mol. The minimum atomic E-state index is -0.354. The quantitative estimate of drug-likeness (QED) is 0.572. The number of anilines is 1. The molecule has 0 unspecified atom stereocenters. The molecule has 0 saturated heterocycles. The van der Waals surface area contributed by atoms with Crippen molar-refractivity contribution < 1.29 is 14.0 Å². The monoisotopic (exact) mass is 471 g/mol. The Kier molecular flexibility index (Phi) is 6.16. The van der Waals surface area contributed by atoms with E-state index in [9.17, 15) is 14.0 Å². The summed E-state index contributed by atoms with van der Waals surface area (Å²) in [5, 5.41) is 15.2. The van der Waals surface area contributed by atoms with Crippen LogP contribution in [-0.2, 0) is 22.6 Å². The van der Waals surface area contributed by atoms with Gasteiger partial charge >= 0.3 is 0 Å². The SMILES string of the molecule is CCn1c(CC(=O)Nc2ccc(F)cc2)nnc1SCC(=O)NC12CC3CC(CC(C3)C1)C2. The van der Waals surface area contributed by atoms with Gasteiger partial charge in [-0.1, -0.05) is 11.8 Å². The number of rotatable bonds is 8. The molecule has 0 radical (unpaired) electrons. The van der Waals surface area contributed by atoms with Gasteiger partial charge in [-0.15, -0.1) is 10.2 Å². The van der Waals surface area contributed by atoms with Gasteiger partial charge in [0.2, 0.25) is 11.8 Å². The third kappa shape index (κ3) is 4.93. The van der Waals surface area contributed by atoms with Crippen LogP contribution in [0.3, 0.4) is 0 Å². The van der Waals surface area contributed by atoms with Gasteiger partial charge in [-0.2, -0.15) is 0 Å². The van der Waals surface area contributed by atoms with Gasteiger partial charge in [-0.3, -0.25) is 9.59 Å². The van der Waals surface area contributed by atoms with Crippen molar-refractivity contribution in [1.29, 1.82) is 0 Å². The molecule has 7 nitrogen and oxygen atoms in total. The van der Waals surface area contributed by atoms with Gasteiger partial charge in [-0.05, 0) is 87.5 Å². The summed E-state index contributed by atoms with van der Waals surface area (Å²) in [5.74, 6) is 2.65. The minimum Gasteiger partial charge on any atom is -0.350 e. The summed E-state index contributed by atoms with van der Waals surface area (Å²) in [7, 11) is 0. The lowest BCUT2D eigenvalue weighted by atomic mass is 9.53. The Labute approximate surface area is 197 Å². The summed E-state index contributed by atoms with van der Waals surface area (Å²) in [5.41, 5.74) is 0.536. The molecule has 4 bridgehead atoms. The van der Waals surface area contributed by atoms with E-state index in [0.29, 0.717) is 29.0 Å². The van der Waals surface area contributed by atoms with Crippen molar-refractivity contribution in [2.45, 2.75) is 69.1 Å². The number of hydrogen-bond acceptors (Lipinski definition) is 5. The first-order valence-electron chi connectivity index (χ1n) is 11.8. The van der Waals surface area contributed by atoms with Crippen molar-refractivity contribution in [3.8, 4) is 0 Å². The van der Waals surface area contributed by atoms with Crippen LogP contribution < -0.4 is 10.6 Å².